The monoisotopic (exact) mass is 331 g/mol. The van der Waals surface area contributed by atoms with E-state index in [4.69, 9.17) is 11.6 Å². The van der Waals surface area contributed by atoms with Gasteiger partial charge in [0.25, 0.3) is 0 Å². The maximum atomic E-state index is 11.7. The summed E-state index contributed by atoms with van der Waals surface area (Å²) in [4.78, 5) is 16.0. The molecule has 0 bridgehead atoms. The van der Waals surface area contributed by atoms with E-state index in [2.05, 4.69) is 14.7 Å². The first-order valence-electron chi connectivity index (χ1n) is 5.23. The molecule has 2 rings (SSSR count). The SMILES string of the molecule is CSc1nsc(SCC(=O)Nc2ccc(Cl)cc2)n1. The van der Waals surface area contributed by atoms with Crippen LogP contribution in [0.1, 0.15) is 0 Å². The fraction of sp³-hybridized carbons (Fsp3) is 0.182. The smallest absolute Gasteiger partial charge is 0.234 e. The van der Waals surface area contributed by atoms with E-state index < -0.39 is 0 Å². The molecule has 0 saturated heterocycles. The van der Waals surface area contributed by atoms with Crippen molar-refractivity contribution < 1.29 is 4.79 Å². The van der Waals surface area contributed by atoms with Gasteiger partial charge in [-0.25, -0.2) is 4.98 Å². The topological polar surface area (TPSA) is 54.9 Å². The van der Waals surface area contributed by atoms with Crippen LogP contribution in [0.5, 0.6) is 0 Å². The molecule has 1 aromatic heterocycles. The summed E-state index contributed by atoms with van der Waals surface area (Å²) in [5.74, 6) is 0.235. The van der Waals surface area contributed by atoms with Crippen LogP contribution in [0.4, 0.5) is 5.69 Å². The number of carbonyl (C=O) groups excluding carboxylic acids is 1. The minimum absolute atomic E-state index is 0.0757. The van der Waals surface area contributed by atoms with Gasteiger partial charge in [0, 0.05) is 10.7 Å². The zero-order valence-electron chi connectivity index (χ0n) is 9.92. The molecular weight excluding hydrogens is 322 g/mol. The second-order valence-corrected chi connectivity index (χ2v) is 6.57. The second-order valence-electron chi connectivity index (χ2n) is 3.39. The zero-order chi connectivity index (χ0) is 13.7. The van der Waals surface area contributed by atoms with Gasteiger partial charge in [-0.3, -0.25) is 4.79 Å². The van der Waals surface area contributed by atoms with Crippen molar-refractivity contribution in [3.05, 3.63) is 29.3 Å². The van der Waals surface area contributed by atoms with E-state index in [-0.39, 0.29) is 5.91 Å². The molecule has 0 aliphatic heterocycles. The minimum Gasteiger partial charge on any atom is -0.325 e. The summed E-state index contributed by atoms with van der Waals surface area (Å²) in [7, 11) is 0. The Labute approximate surface area is 128 Å². The lowest BCUT2D eigenvalue weighted by molar-refractivity contribution is -0.113. The van der Waals surface area contributed by atoms with Crippen LogP contribution in [-0.4, -0.2) is 27.3 Å². The van der Waals surface area contributed by atoms with Crippen molar-refractivity contribution in [3.8, 4) is 0 Å². The third-order valence-electron chi connectivity index (χ3n) is 2.03. The minimum atomic E-state index is -0.0757. The Morgan fingerprint density at radius 3 is 2.79 bits per heavy atom. The van der Waals surface area contributed by atoms with Gasteiger partial charge in [0.05, 0.1) is 5.75 Å². The van der Waals surface area contributed by atoms with Gasteiger partial charge in [0.1, 0.15) is 0 Å². The van der Waals surface area contributed by atoms with Crippen molar-refractivity contribution in [1.82, 2.24) is 9.36 Å². The van der Waals surface area contributed by atoms with E-state index in [0.717, 1.165) is 15.2 Å². The van der Waals surface area contributed by atoms with Crippen LogP contribution in [0.15, 0.2) is 33.8 Å². The van der Waals surface area contributed by atoms with Gasteiger partial charge in [-0.05, 0) is 42.1 Å². The summed E-state index contributed by atoms with van der Waals surface area (Å²) in [6, 6.07) is 7.00. The summed E-state index contributed by atoms with van der Waals surface area (Å²) < 4.78 is 4.93. The van der Waals surface area contributed by atoms with Crippen molar-refractivity contribution in [1.29, 1.82) is 0 Å². The number of thioether (sulfide) groups is 2. The molecule has 0 radical (unpaired) electrons. The number of hydrogen-bond donors (Lipinski definition) is 1. The molecule has 1 amide bonds. The number of amides is 1. The maximum absolute atomic E-state index is 11.7. The van der Waals surface area contributed by atoms with Crippen LogP contribution < -0.4 is 5.32 Å². The van der Waals surface area contributed by atoms with Crippen molar-refractivity contribution in [2.24, 2.45) is 0 Å². The number of benzene rings is 1. The largest absolute Gasteiger partial charge is 0.325 e. The molecule has 0 spiro atoms. The number of rotatable bonds is 5. The fourth-order valence-electron chi connectivity index (χ4n) is 1.20. The highest BCUT2D eigenvalue weighted by Crippen LogP contribution is 2.23. The maximum Gasteiger partial charge on any atom is 0.234 e. The fourth-order valence-corrected chi connectivity index (χ4v) is 3.33. The van der Waals surface area contributed by atoms with Gasteiger partial charge in [0.2, 0.25) is 11.1 Å². The zero-order valence-corrected chi connectivity index (χ0v) is 13.1. The first kappa shape index (κ1) is 14.6. The molecule has 4 nitrogen and oxygen atoms in total. The van der Waals surface area contributed by atoms with E-state index in [1.807, 2.05) is 6.26 Å². The number of nitrogens with one attached hydrogen (secondary N) is 1. The summed E-state index contributed by atoms with van der Waals surface area (Å²) in [5.41, 5.74) is 0.733. The normalized spacial score (nSPS) is 10.4. The van der Waals surface area contributed by atoms with Gasteiger partial charge in [-0.1, -0.05) is 35.1 Å². The standard InChI is InChI=1S/C11H10ClN3OS3/c1-17-10-14-11(19-15-10)18-6-9(16)13-8-4-2-7(12)3-5-8/h2-5H,6H2,1H3,(H,13,16). The average Bonchev–Trinajstić information content (AvgIpc) is 2.87. The summed E-state index contributed by atoms with van der Waals surface area (Å²) in [5, 5.41) is 4.18. The number of hydrogen-bond acceptors (Lipinski definition) is 6. The molecule has 1 heterocycles. The summed E-state index contributed by atoms with van der Waals surface area (Å²) in [6.07, 6.45) is 1.92. The predicted octanol–water partition coefficient (Wildman–Crippen LogP) is 3.64. The van der Waals surface area contributed by atoms with Gasteiger partial charge in [-0.15, -0.1) is 0 Å². The Bertz CT molecular complexity index is 559. The van der Waals surface area contributed by atoms with Crippen molar-refractivity contribution in [3.63, 3.8) is 0 Å². The number of nitrogens with zero attached hydrogens (tertiary/aromatic N) is 2. The first-order valence-corrected chi connectivity index (χ1v) is 8.59. The first-order chi connectivity index (χ1) is 9.17. The van der Waals surface area contributed by atoms with E-state index in [1.54, 1.807) is 24.3 Å². The Balaban J connectivity index is 1.82. The molecule has 0 unspecified atom stereocenters. The Morgan fingerprint density at radius 2 is 2.16 bits per heavy atom. The third-order valence-corrected chi connectivity index (χ3v) is 4.77. The van der Waals surface area contributed by atoms with E-state index >= 15 is 0 Å². The predicted molar refractivity (Wildman–Crippen MR) is 82.5 cm³/mol. The summed E-state index contributed by atoms with van der Waals surface area (Å²) >= 11 is 9.95. The summed E-state index contributed by atoms with van der Waals surface area (Å²) in [6.45, 7) is 0. The Hall–Kier alpha value is -0.760. The van der Waals surface area contributed by atoms with Gasteiger partial charge >= 0.3 is 0 Å². The molecule has 0 aliphatic carbocycles. The molecule has 2 aromatic rings. The lowest BCUT2D eigenvalue weighted by Gasteiger charge is -2.03. The number of anilines is 1. The molecule has 0 saturated carbocycles. The van der Waals surface area contributed by atoms with Crippen LogP contribution >= 0.6 is 46.7 Å². The van der Waals surface area contributed by atoms with Crippen molar-refractivity contribution >= 4 is 58.3 Å². The lowest BCUT2D eigenvalue weighted by Crippen LogP contribution is -2.13. The highest BCUT2D eigenvalue weighted by atomic mass is 35.5. The van der Waals surface area contributed by atoms with Gasteiger partial charge in [0.15, 0.2) is 4.34 Å². The number of aromatic nitrogens is 2. The molecule has 1 N–H and O–H groups in total. The average molecular weight is 332 g/mol. The second kappa shape index (κ2) is 7.14. The molecule has 8 heteroatoms. The highest BCUT2D eigenvalue weighted by molar-refractivity contribution is 8.01. The number of halogens is 1. The molecule has 1 aromatic carbocycles. The van der Waals surface area contributed by atoms with Gasteiger partial charge < -0.3 is 5.32 Å². The van der Waals surface area contributed by atoms with Crippen LogP contribution in [0.2, 0.25) is 5.02 Å². The highest BCUT2D eigenvalue weighted by Gasteiger charge is 2.07. The molecule has 0 atom stereocenters. The third kappa shape index (κ3) is 4.68. The number of carbonyl (C=O) groups is 1. The van der Waals surface area contributed by atoms with E-state index in [9.17, 15) is 4.79 Å². The van der Waals surface area contributed by atoms with Crippen LogP contribution in [-0.2, 0) is 4.79 Å². The Kier molecular flexibility index (Phi) is 5.50. The lowest BCUT2D eigenvalue weighted by atomic mass is 10.3. The molecule has 0 aliphatic rings. The van der Waals surface area contributed by atoms with Crippen LogP contribution in [0.25, 0.3) is 0 Å². The van der Waals surface area contributed by atoms with E-state index in [0.29, 0.717) is 10.8 Å². The Morgan fingerprint density at radius 1 is 1.42 bits per heavy atom. The quantitative estimate of drug-likeness (QED) is 0.848. The van der Waals surface area contributed by atoms with Crippen LogP contribution in [0.3, 0.4) is 0 Å². The molecule has 19 heavy (non-hydrogen) atoms. The molecular formula is C11H10ClN3OS3. The van der Waals surface area contributed by atoms with E-state index in [1.165, 1.54) is 35.1 Å². The molecule has 0 fully saturated rings. The van der Waals surface area contributed by atoms with Crippen molar-refractivity contribution in [2.45, 2.75) is 9.50 Å². The molecule has 100 valence electrons. The van der Waals surface area contributed by atoms with Crippen LogP contribution in [0, 0.1) is 0 Å². The van der Waals surface area contributed by atoms with Gasteiger partial charge in [-0.2, -0.15) is 4.37 Å². The van der Waals surface area contributed by atoms with Crippen molar-refractivity contribution in [2.75, 3.05) is 17.3 Å².